The Morgan fingerprint density at radius 2 is 2.00 bits per heavy atom. The molecule has 0 aromatic carbocycles. The van der Waals surface area contributed by atoms with Crippen LogP contribution in [0.15, 0.2) is 22.8 Å². The topological polar surface area (TPSA) is 40.8 Å². The molecule has 0 atom stereocenters. The van der Waals surface area contributed by atoms with Gasteiger partial charge in [-0.2, -0.15) is 0 Å². The molecule has 1 aromatic heterocycles. The number of hydrogen-bond donors (Lipinski definition) is 0. The van der Waals surface area contributed by atoms with E-state index >= 15 is 0 Å². The molecule has 0 aliphatic heterocycles. The molecule has 0 saturated heterocycles. The van der Waals surface area contributed by atoms with Gasteiger partial charge in [0.05, 0.1) is 12.9 Å². The van der Waals surface area contributed by atoms with Crippen molar-refractivity contribution in [2.24, 2.45) is 0 Å². The highest BCUT2D eigenvalue weighted by Crippen LogP contribution is 2.05. The summed E-state index contributed by atoms with van der Waals surface area (Å²) in [7, 11) is 0. The molecule has 4 heteroatoms. The van der Waals surface area contributed by atoms with Gasteiger partial charge in [0, 0.05) is 19.6 Å². The first-order chi connectivity index (χ1) is 7.86. The Morgan fingerprint density at radius 3 is 2.56 bits per heavy atom. The van der Waals surface area contributed by atoms with Gasteiger partial charge in [-0.25, -0.2) is 0 Å². The Kier molecular flexibility index (Phi) is 6.88. The summed E-state index contributed by atoms with van der Waals surface area (Å²) in [5.41, 5.74) is 0. The van der Waals surface area contributed by atoms with Crippen molar-refractivity contribution in [2.45, 2.75) is 33.2 Å². The fraction of sp³-hybridized carbons (Fsp3) is 0.667. The molecule has 1 heterocycles. The summed E-state index contributed by atoms with van der Waals surface area (Å²) in [6.45, 7) is 6.32. The van der Waals surface area contributed by atoms with Gasteiger partial charge in [0.25, 0.3) is 0 Å². The maximum Gasteiger partial charge on any atom is 0.159 e. The van der Waals surface area contributed by atoms with Gasteiger partial charge in [-0.3, -0.25) is 0 Å². The molecule has 0 amide bonds. The highest BCUT2D eigenvalue weighted by molar-refractivity contribution is 4.95. The maximum atomic E-state index is 5.45. The molecular formula is C12H20O4. The molecule has 0 unspecified atom stereocenters. The van der Waals surface area contributed by atoms with E-state index in [1.54, 1.807) is 6.26 Å². The summed E-state index contributed by atoms with van der Waals surface area (Å²) in [5, 5.41) is 0. The van der Waals surface area contributed by atoms with Crippen molar-refractivity contribution < 1.29 is 18.6 Å². The molecule has 0 radical (unpaired) electrons. The van der Waals surface area contributed by atoms with E-state index in [4.69, 9.17) is 18.6 Å². The predicted octanol–water partition coefficient (Wildman–Crippen LogP) is 2.59. The van der Waals surface area contributed by atoms with Crippen LogP contribution in [0, 0.1) is 0 Å². The van der Waals surface area contributed by atoms with Crippen molar-refractivity contribution in [1.29, 1.82) is 0 Å². The predicted molar refractivity (Wildman–Crippen MR) is 60.0 cm³/mol. The normalized spacial score (nSPS) is 11.2. The lowest BCUT2D eigenvalue weighted by molar-refractivity contribution is -0.147. The van der Waals surface area contributed by atoms with Gasteiger partial charge in [0.2, 0.25) is 0 Å². The summed E-state index contributed by atoms with van der Waals surface area (Å²) >= 11 is 0. The minimum Gasteiger partial charge on any atom is -0.467 e. The molecule has 1 rings (SSSR count). The Labute approximate surface area is 96.5 Å². The summed E-state index contributed by atoms with van der Waals surface area (Å²) in [5.74, 6) is 0.837. The number of hydrogen-bond acceptors (Lipinski definition) is 4. The summed E-state index contributed by atoms with van der Waals surface area (Å²) in [4.78, 5) is 0. The second-order valence-corrected chi connectivity index (χ2v) is 3.26. The first kappa shape index (κ1) is 13.2. The van der Waals surface area contributed by atoms with E-state index in [2.05, 4.69) is 0 Å². The molecule has 0 N–H and O–H groups in total. The minimum absolute atomic E-state index is 0.161. The molecule has 4 nitrogen and oxygen atoms in total. The summed E-state index contributed by atoms with van der Waals surface area (Å²) in [6, 6.07) is 3.74. The minimum atomic E-state index is -0.161. The standard InChI is InChI=1S/C12H20O4/c1-3-14-12(15-4-2)7-9-13-10-11-6-5-8-16-11/h5-6,8,12H,3-4,7,9-10H2,1-2H3. The molecule has 16 heavy (non-hydrogen) atoms. The third-order valence-corrected chi connectivity index (χ3v) is 2.03. The highest BCUT2D eigenvalue weighted by Gasteiger charge is 2.07. The van der Waals surface area contributed by atoms with Gasteiger partial charge < -0.3 is 18.6 Å². The van der Waals surface area contributed by atoms with Gasteiger partial charge in [0.15, 0.2) is 6.29 Å². The zero-order valence-electron chi connectivity index (χ0n) is 9.98. The third-order valence-electron chi connectivity index (χ3n) is 2.03. The monoisotopic (exact) mass is 228 g/mol. The van der Waals surface area contributed by atoms with Crippen LogP contribution in [0.2, 0.25) is 0 Å². The quantitative estimate of drug-likeness (QED) is 0.481. The van der Waals surface area contributed by atoms with Gasteiger partial charge in [-0.15, -0.1) is 0 Å². The summed E-state index contributed by atoms with van der Waals surface area (Å²) < 4.78 is 21.4. The van der Waals surface area contributed by atoms with Crippen molar-refractivity contribution in [3.8, 4) is 0 Å². The second-order valence-electron chi connectivity index (χ2n) is 3.26. The van der Waals surface area contributed by atoms with Crippen molar-refractivity contribution in [3.05, 3.63) is 24.2 Å². The van der Waals surface area contributed by atoms with Crippen LogP contribution in [0.3, 0.4) is 0 Å². The van der Waals surface area contributed by atoms with Crippen LogP contribution in [0.5, 0.6) is 0 Å². The highest BCUT2D eigenvalue weighted by atomic mass is 16.7. The Morgan fingerprint density at radius 1 is 1.25 bits per heavy atom. The Bertz CT molecular complexity index is 240. The van der Waals surface area contributed by atoms with E-state index < -0.39 is 0 Å². The van der Waals surface area contributed by atoms with E-state index in [1.165, 1.54) is 0 Å². The van der Waals surface area contributed by atoms with E-state index in [-0.39, 0.29) is 6.29 Å². The number of ether oxygens (including phenoxy) is 3. The van der Waals surface area contributed by atoms with E-state index in [0.29, 0.717) is 26.4 Å². The third kappa shape index (κ3) is 5.30. The smallest absolute Gasteiger partial charge is 0.159 e. The van der Waals surface area contributed by atoms with Crippen molar-refractivity contribution in [3.63, 3.8) is 0 Å². The average Bonchev–Trinajstić information content (AvgIpc) is 2.78. The van der Waals surface area contributed by atoms with Crippen LogP contribution >= 0.6 is 0 Å². The van der Waals surface area contributed by atoms with Crippen LogP contribution in [0.4, 0.5) is 0 Å². The summed E-state index contributed by atoms with van der Waals surface area (Å²) in [6.07, 6.45) is 2.22. The van der Waals surface area contributed by atoms with Crippen LogP contribution in [0.1, 0.15) is 26.0 Å². The van der Waals surface area contributed by atoms with Crippen molar-refractivity contribution in [2.75, 3.05) is 19.8 Å². The van der Waals surface area contributed by atoms with E-state index in [1.807, 2.05) is 26.0 Å². The first-order valence-corrected chi connectivity index (χ1v) is 5.70. The van der Waals surface area contributed by atoms with Gasteiger partial charge >= 0.3 is 0 Å². The van der Waals surface area contributed by atoms with Crippen LogP contribution in [-0.2, 0) is 20.8 Å². The SMILES string of the molecule is CCOC(CCOCc1ccco1)OCC. The van der Waals surface area contributed by atoms with E-state index in [0.717, 1.165) is 12.2 Å². The van der Waals surface area contributed by atoms with Crippen molar-refractivity contribution in [1.82, 2.24) is 0 Å². The lowest BCUT2D eigenvalue weighted by Gasteiger charge is -2.16. The van der Waals surface area contributed by atoms with Crippen molar-refractivity contribution >= 4 is 0 Å². The molecule has 0 saturated carbocycles. The average molecular weight is 228 g/mol. The Balaban J connectivity index is 2.08. The molecule has 0 aliphatic carbocycles. The lowest BCUT2D eigenvalue weighted by Crippen LogP contribution is -2.19. The zero-order chi connectivity index (χ0) is 11.6. The maximum absolute atomic E-state index is 5.45. The lowest BCUT2D eigenvalue weighted by atomic mass is 10.4. The molecule has 1 aromatic rings. The van der Waals surface area contributed by atoms with Gasteiger partial charge in [-0.1, -0.05) is 0 Å². The van der Waals surface area contributed by atoms with E-state index in [9.17, 15) is 0 Å². The van der Waals surface area contributed by atoms with Crippen LogP contribution < -0.4 is 0 Å². The second kappa shape index (κ2) is 8.33. The molecule has 0 fully saturated rings. The zero-order valence-corrected chi connectivity index (χ0v) is 9.98. The largest absolute Gasteiger partial charge is 0.467 e. The number of rotatable bonds is 9. The molecule has 0 bridgehead atoms. The van der Waals surface area contributed by atoms with Gasteiger partial charge in [0.1, 0.15) is 12.4 Å². The van der Waals surface area contributed by atoms with Crippen LogP contribution in [0.25, 0.3) is 0 Å². The molecule has 0 aliphatic rings. The molecule has 92 valence electrons. The van der Waals surface area contributed by atoms with Gasteiger partial charge in [-0.05, 0) is 26.0 Å². The first-order valence-electron chi connectivity index (χ1n) is 5.70. The van der Waals surface area contributed by atoms with Crippen LogP contribution in [-0.4, -0.2) is 26.1 Å². The fourth-order valence-corrected chi connectivity index (χ4v) is 1.33. The molecular weight excluding hydrogens is 208 g/mol. The molecule has 0 spiro atoms. The number of furan rings is 1. The Hall–Kier alpha value is -0.840. The fourth-order valence-electron chi connectivity index (χ4n) is 1.33.